The highest BCUT2D eigenvalue weighted by Crippen LogP contribution is 2.54. The quantitative estimate of drug-likeness (QED) is 0.135. The maximum atomic E-state index is 5.30. The fraction of sp³-hybridized carbons (Fsp3) is 0.143. The van der Waals surface area contributed by atoms with E-state index >= 15 is 0 Å². The molecule has 0 amide bonds. The number of aromatic nitrogens is 2. The van der Waals surface area contributed by atoms with Gasteiger partial charge in [-0.1, -0.05) is 210 Å². The molecule has 2 nitrogen and oxygen atoms in total. The number of nitrogens with zero attached hydrogens (tertiary/aromatic N) is 2. The Morgan fingerprint density at radius 1 is 0.493 bits per heavy atom. The molecule has 2 heterocycles. The highest BCUT2D eigenvalue weighted by molar-refractivity contribution is 7.21. The maximum Gasteiger partial charge on any atom is 0.124 e. The normalized spacial score (nSPS) is 15.2. The van der Waals surface area contributed by atoms with Crippen molar-refractivity contribution in [1.29, 1.82) is 0 Å². The molecule has 324 valence electrons. The van der Waals surface area contributed by atoms with E-state index in [1.165, 1.54) is 104 Å². The Morgan fingerprint density at radius 3 is 1.43 bits per heavy atom. The van der Waals surface area contributed by atoms with Gasteiger partial charge < -0.3 is 0 Å². The van der Waals surface area contributed by atoms with Gasteiger partial charge in [-0.2, -0.15) is 0 Å². The third-order valence-corrected chi connectivity index (χ3v) is 16.3. The number of hydrogen-bond acceptors (Lipinski definition) is 4. The molecule has 9 aromatic carbocycles. The van der Waals surface area contributed by atoms with Crippen LogP contribution in [0.1, 0.15) is 39.2 Å². The molecule has 0 saturated carbocycles. The van der Waals surface area contributed by atoms with E-state index in [2.05, 4.69) is 216 Å². The number of rotatable bonds is 9. The van der Waals surface area contributed by atoms with Crippen LogP contribution < -0.4 is 9.88 Å². The van der Waals surface area contributed by atoms with E-state index in [9.17, 15) is 0 Å². The van der Waals surface area contributed by atoms with Crippen molar-refractivity contribution in [3.63, 3.8) is 0 Å². The second kappa shape index (κ2) is 17.0. The van der Waals surface area contributed by atoms with Crippen molar-refractivity contribution < 1.29 is 0 Å². The molecule has 4 heteroatoms. The summed E-state index contributed by atoms with van der Waals surface area (Å²) in [4.78, 5) is 10.4. The Labute approximate surface area is 400 Å². The zero-order valence-corrected chi connectivity index (χ0v) is 39.9. The molecule has 67 heavy (non-hydrogen) atoms. The predicted octanol–water partition coefficient (Wildman–Crippen LogP) is 16.8. The van der Waals surface area contributed by atoms with Gasteiger partial charge in [-0.3, -0.25) is 0 Å². The van der Waals surface area contributed by atoms with Gasteiger partial charge in [0.05, 0.1) is 20.1 Å². The smallest absolute Gasteiger partial charge is 0.124 e. The van der Waals surface area contributed by atoms with E-state index in [1.54, 1.807) is 11.3 Å². The Hall–Kier alpha value is -6.98. The summed E-state index contributed by atoms with van der Waals surface area (Å²) in [6, 6.07) is 65.2. The van der Waals surface area contributed by atoms with Crippen molar-refractivity contribution in [2.24, 2.45) is 17.8 Å². The minimum absolute atomic E-state index is 0.505. The van der Waals surface area contributed by atoms with Crippen LogP contribution in [0.2, 0.25) is 0 Å². The lowest BCUT2D eigenvalue weighted by Crippen LogP contribution is -2.32. The number of benzene rings is 9. The first-order valence-corrected chi connectivity index (χ1v) is 25.4. The van der Waals surface area contributed by atoms with Crippen LogP contribution in [0, 0.1) is 24.7 Å². The van der Waals surface area contributed by atoms with E-state index in [0.717, 1.165) is 32.0 Å². The van der Waals surface area contributed by atoms with E-state index in [4.69, 9.17) is 9.97 Å². The first-order chi connectivity index (χ1) is 32.9. The second-order valence-electron chi connectivity index (χ2n) is 18.5. The molecule has 0 radical (unpaired) electrons. The minimum Gasteiger partial charge on any atom is -0.236 e. The first-order valence-electron chi connectivity index (χ1n) is 23.7. The fourth-order valence-corrected chi connectivity index (χ4v) is 13.1. The van der Waals surface area contributed by atoms with Gasteiger partial charge in [-0.25, -0.2) is 9.97 Å². The van der Waals surface area contributed by atoms with Crippen molar-refractivity contribution in [3.05, 3.63) is 191 Å². The first kappa shape index (κ1) is 41.5. The summed E-state index contributed by atoms with van der Waals surface area (Å²) >= 11 is 3.59. The summed E-state index contributed by atoms with van der Waals surface area (Å²) in [6.45, 7) is 9.22. The Kier molecular flexibility index (Phi) is 10.5. The van der Waals surface area contributed by atoms with E-state index in [0.29, 0.717) is 17.8 Å². The molecule has 0 bridgehead atoms. The monoisotopic (exact) mass is 898 g/mol. The Balaban J connectivity index is 1.14. The SMILES string of the molecule is CCCC(C)C1C=c2nc(-c3ccc(-c4c5ccccc5c(-c5ccc(-c6nc7ccc(C)cc7s6)cc5)c5c(-c6ccccc6)c6ccccc6c(-c6ccccc6)c45)cc3)sc2=CC1C. The number of aryl methyl sites for hydroxylation is 1. The molecule has 0 fully saturated rings. The van der Waals surface area contributed by atoms with Crippen LogP contribution in [0.25, 0.3) is 120 Å². The molecule has 12 rings (SSSR count). The van der Waals surface area contributed by atoms with Crippen molar-refractivity contribution >= 4 is 77.4 Å². The van der Waals surface area contributed by atoms with Gasteiger partial charge in [0.15, 0.2) is 0 Å². The molecule has 0 N–H and O–H groups in total. The van der Waals surface area contributed by atoms with Gasteiger partial charge in [0.25, 0.3) is 0 Å². The molecule has 2 aromatic heterocycles. The Bertz CT molecular complexity index is 3790. The van der Waals surface area contributed by atoms with Gasteiger partial charge in [0, 0.05) is 11.1 Å². The highest BCUT2D eigenvalue weighted by Gasteiger charge is 2.27. The summed E-state index contributed by atoms with van der Waals surface area (Å²) in [5, 5.41) is 10.7. The largest absolute Gasteiger partial charge is 0.236 e. The predicted molar refractivity (Wildman–Crippen MR) is 290 cm³/mol. The molecule has 1 aliphatic rings. The third kappa shape index (κ3) is 7.22. The van der Waals surface area contributed by atoms with Crippen LogP contribution in [-0.2, 0) is 0 Å². The summed E-state index contributed by atoms with van der Waals surface area (Å²) in [6.07, 6.45) is 7.38. The van der Waals surface area contributed by atoms with Crippen molar-refractivity contribution in [3.8, 4) is 65.6 Å². The van der Waals surface area contributed by atoms with Crippen molar-refractivity contribution in [1.82, 2.24) is 9.97 Å². The fourth-order valence-electron chi connectivity index (χ4n) is 11.0. The van der Waals surface area contributed by atoms with Crippen molar-refractivity contribution in [2.75, 3.05) is 0 Å². The maximum absolute atomic E-state index is 5.30. The molecular weight excluding hydrogens is 849 g/mol. The van der Waals surface area contributed by atoms with Gasteiger partial charge in [-0.05, 0) is 119 Å². The van der Waals surface area contributed by atoms with E-state index in [1.807, 2.05) is 11.3 Å². The lowest BCUT2D eigenvalue weighted by Gasteiger charge is -2.26. The van der Waals surface area contributed by atoms with Crippen LogP contribution >= 0.6 is 22.7 Å². The summed E-state index contributed by atoms with van der Waals surface area (Å²) in [5.74, 6) is 1.66. The number of thiazole rings is 2. The molecule has 11 aromatic rings. The third-order valence-electron chi connectivity index (χ3n) is 14.1. The van der Waals surface area contributed by atoms with Crippen LogP contribution in [0.5, 0.6) is 0 Å². The topological polar surface area (TPSA) is 25.8 Å². The molecule has 0 saturated heterocycles. The van der Waals surface area contributed by atoms with E-state index in [-0.39, 0.29) is 0 Å². The number of fused-ring (bicyclic) bond motifs is 5. The zero-order valence-electron chi connectivity index (χ0n) is 38.3. The molecular formula is C63H50N2S2. The molecule has 1 aliphatic carbocycles. The summed E-state index contributed by atoms with van der Waals surface area (Å²) in [7, 11) is 0. The van der Waals surface area contributed by atoms with Crippen LogP contribution in [-0.4, -0.2) is 9.97 Å². The lowest BCUT2D eigenvalue weighted by atomic mass is 9.77. The molecule has 3 unspecified atom stereocenters. The van der Waals surface area contributed by atoms with Crippen molar-refractivity contribution in [2.45, 2.75) is 40.5 Å². The molecule has 0 spiro atoms. The average molecular weight is 899 g/mol. The molecule has 0 aliphatic heterocycles. The minimum atomic E-state index is 0.505. The Morgan fingerprint density at radius 2 is 0.940 bits per heavy atom. The van der Waals surface area contributed by atoms with Gasteiger partial charge >= 0.3 is 0 Å². The molecule has 3 atom stereocenters. The van der Waals surface area contributed by atoms with Gasteiger partial charge in [0.2, 0.25) is 0 Å². The average Bonchev–Trinajstić information content (AvgIpc) is 3.99. The lowest BCUT2D eigenvalue weighted by molar-refractivity contribution is 0.363. The van der Waals surface area contributed by atoms with Gasteiger partial charge in [0.1, 0.15) is 10.0 Å². The van der Waals surface area contributed by atoms with Crippen LogP contribution in [0.3, 0.4) is 0 Å². The van der Waals surface area contributed by atoms with Crippen LogP contribution in [0.15, 0.2) is 176 Å². The van der Waals surface area contributed by atoms with E-state index < -0.39 is 0 Å². The van der Waals surface area contributed by atoms with Gasteiger partial charge in [-0.15, -0.1) is 22.7 Å². The zero-order chi connectivity index (χ0) is 45.2. The van der Waals surface area contributed by atoms with Crippen LogP contribution in [0.4, 0.5) is 0 Å². The number of hydrogen-bond donors (Lipinski definition) is 0. The standard InChI is InChI=1S/C63H50N2S2/c1-5-16-39(3)51-37-53-55(36-40(51)4)67-63(65-53)46-32-28-44(29-33-46)59-50-24-15-14-23-49(50)58(43-26-30-45(31-27-43)62-64-52-34-25-38(2)35-54(52)66-62)60-56(41-17-8-6-9-18-41)47-21-12-13-22-48(47)57(61(59)60)42-19-10-7-11-20-42/h6-15,17-37,39-40,51H,5,16H2,1-4H3. The highest BCUT2D eigenvalue weighted by atomic mass is 32.1. The second-order valence-corrected chi connectivity index (χ2v) is 20.6. The summed E-state index contributed by atoms with van der Waals surface area (Å²) in [5.41, 5.74) is 14.3. The summed E-state index contributed by atoms with van der Waals surface area (Å²) < 4.78 is 2.52.